The van der Waals surface area contributed by atoms with Crippen molar-refractivity contribution in [3.8, 4) is 0 Å². The Balaban J connectivity index is 1.99. The lowest BCUT2D eigenvalue weighted by molar-refractivity contribution is 0.0441. The van der Waals surface area contributed by atoms with Gasteiger partial charge in [-0.15, -0.1) is 0 Å². The molecular weight excluding hydrogens is 208 g/mol. The number of nitrogens with two attached hydrogens (primary N) is 1. The molecule has 1 aliphatic carbocycles. The predicted molar refractivity (Wildman–Crippen MR) is 73.9 cm³/mol. The quantitative estimate of drug-likeness (QED) is 0.801. The van der Waals surface area contributed by atoms with Gasteiger partial charge < -0.3 is 5.73 Å². The van der Waals surface area contributed by atoms with Crippen molar-refractivity contribution < 1.29 is 0 Å². The summed E-state index contributed by atoms with van der Waals surface area (Å²) in [5.74, 6) is 2.45. The van der Waals surface area contributed by atoms with Crippen LogP contribution in [0.3, 0.4) is 0 Å². The summed E-state index contributed by atoms with van der Waals surface area (Å²) in [5.41, 5.74) is 6.26. The van der Waals surface area contributed by atoms with Crippen LogP contribution in [0.25, 0.3) is 0 Å². The van der Waals surface area contributed by atoms with Gasteiger partial charge in [-0.25, -0.2) is 0 Å². The van der Waals surface area contributed by atoms with Gasteiger partial charge in [0.2, 0.25) is 0 Å². The highest BCUT2D eigenvalue weighted by molar-refractivity contribution is 4.90. The number of likely N-dealkylation sites (tertiary alicyclic amines) is 1. The molecule has 2 rings (SSSR count). The van der Waals surface area contributed by atoms with E-state index in [0.29, 0.717) is 12.0 Å². The minimum atomic E-state index is 0.401. The summed E-state index contributed by atoms with van der Waals surface area (Å²) < 4.78 is 0. The van der Waals surface area contributed by atoms with Crippen molar-refractivity contribution in [1.82, 2.24) is 4.90 Å². The highest BCUT2D eigenvalue weighted by atomic mass is 15.2. The summed E-state index contributed by atoms with van der Waals surface area (Å²) in [6, 6.07) is 1.22. The van der Waals surface area contributed by atoms with Gasteiger partial charge in [-0.1, -0.05) is 33.6 Å². The normalized spacial score (nSPS) is 40.8. The molecule has 100 valence electrons. The molecule has 1 heterocycles. The first kappa shape index (κ1) is 13.4. The van der Waals surface area contributed by atoms with Crippen LogP contribution in [0.4, 0.5) is 0 Å². The first-order valence-electron chi connectivity index (χ1n) is 7.59. The van der Waals surface area contributed by atoms with Crippen molar-refractivity contribution in [2.45, 2.75) is 65.0 Å². The molecule has 0 aromatic rings. The van der Waals surface area contributed by atoms with Crippen molar-refractivity contribution >= 4 is 0 Å². The summed E-state index contributed by atoms with van der Waals surface area (Å²) >= 11 is 0. The zero-order valence-electron chi connectivity index (χ0n) is 11.9. The third-order valence-corrected chi connectivity index (χ3v) is 5.15. The van der Waals surface area contributed by atoms with E-state index in [1.165, 1.54) is 38.6 Å². The summed E-state index contributed by atoms with van der Waals surface area (Å²) in [5, 5.41) is 0. The highest BCUT2D eigenvalue weighted by Crippen LogP contribution is 2.35. The minimum absolute atomic E-state index is 0.401. The van der Waals surface area contributed by atoms with Crippen LogP contribution >= 0.6 is 0 Å². The van der Waals surface area contributed by atoms with Gasteiger partial charge in [0.05, 0.1) is 0 Å². The molecule has 0 radical (unpaired) electrons. The lowest BCUT2D eigenvalue weighted by atomic mass is 9.76. The molecule has 2 fully saturated rings. The molecule has 4 atom stereocenters. The third-order valence-electron chi connectivity index (χ3n) is 5.15. The zero-order chi connectivity index (χ0) is 12.4. The fourth-order valence-corrected chi connectivity index (χ4v) is 3.80. The van der Waals surface area contributed by atoms with Crippen molar-refractivity contribution in [3.63, 3.8) is 0 Å². The average molecular weight is 238 g/mol. The van der Waals surface area contributed by atoms with E-state index in [1.54, 1.807) is 0 Å². The van der Waals surface area contributed by atoms with Crippen LogP contribution in [0.1, 0.15) is 52.9 Å². The maximum absolute atomic E-state index is 6.26. The molecule has 0 bridgehead atoms. The van der Waals surface area contributed by atoms with E-state index in [-0.39, 0.29) is 0 Å². The van der Waals surface area contributed by atoms with Gasteiger partial charge in [0.25, 0.3) is 0 Å². The van der Waals surface area contributed by atoms with Crippen LogP contribution in [-0.4, -0.2) is 30.1 Å². The second-order valence-electron chi connectivity index (χ2n) is 6.68. The summed E-state index contributed by atoms with van der Waals surface area (Å²) in [7, 11) is 0. The second-order valence-corrected chi connectivity index (χ2v) is 6.68. The van der Waals surface area contributed by atoms with Crippen molar-refractivity contribution in [2.24, 2.45) is 23.5 Å². The standard InChI is InChI=1S/C15H30N2/c1-11(2)13-6-4-5-7-15(13)17-9-8-12(3)14(16)10-17/h11-15H,4-10,16H2,1-3H3. The first-order valence-corrected chi connectivity index (χ1v) is 7.59. The summed E-state index contributed by atoms with van der Waals surface area (Å²) in [6.07, 6.45) is 7.00. The Kier molecular flexibility index (Phi) is 4.48. The largest absolute Gasteiger partial charge is 0.326 e. The van der Waals surface area contributed by atoms with Gasteiger partial charge in [-0.2, -0.15) is 0 Å². The first-order chi connectivity index (χ1) is 8.09. The average Bonchev–Trinajstić information content (AvgIpc) is 2.32. The SMILES string of the molecule is CC(C)C1CCCCC1N1CCC(C)C(N)C1. The minimum Gasteiger partial charge on any atom is -0.326 e. The Morgan fingerprint density at radius 1 is 1.12 bits per heavy atom. The van der Waals surface area contributed by atoms with Gasteiger partial charge in [0, 0.05) is 18.6 Å². The van der Waals surface area contributed by atoms with E-state index in [0.717, 1.165) is 24.4 Å². The molecule has 4 unspecified atom stereocenters. The van der Waals surface area contributed by atoms with Crippen molar-refractivity contribution in [2.75, 3.05) is 13.1 Å². The maximum atomic E-state index is 6.26. The fourth-order valence-electron chi connectivity index (χ4n) is 3.80. The molecule has 2 heteroatoms. The van der Waals surface area contributed by atoms with Crippen LogP contribution in [0.15, 0.2) is 0 Å². The topological polar surface area (TPSA) is 29.3 Å². The molecular formula is C15H30N2. The van der Waals surface area contributed by atoms with Crippen LogP contribution in [0, 0.1) is 17.8 Å². The molecule has 0 aromatic carbocycles. The molecule has 1 saturated heterocycles. The smallest absolute Gasteiger partial charge is 0.0194 e. The molecule has 2 N–H and O–H groups in total. The molecule has 0 aromatic heterocycles. The highest BCUT2D eigenvalue weighted by Gasteiger charge is 2.35. The number of piperidine rings is 1. The molecule has 0 spiro atoms. The van der Waals surface area contributed by atoms with Crippen LogP contribution < -0.4 is 5.73 Å². The molecule has 17 heavy (non-hydrogen) atoms. The van der Waals surface area contributed by atoms with Crippen molar-refractivity contribution in [1.29, 1.82) is 0 Å². The van der Waals surface area contributed by atoms with E-state index >= 15 is 0 Å². The Bertz CT molecular complexity index is 239. The van der Waals surface area contributed by atoms with E-state index < -0.39 is 0 Å². The second kappa shape index (κ2) is 5.71. The van der Waals surface area contributed by atoms with E-state index in [9.17, 15) is 0 Å². The molecule has 2 nitrogen and oxygen atoms in total. The lowest BCUT2D eigenvalue weighted by Gasteiger charge is -2.46. The molecule has 2 aliphatic rings. The van der Waals surface area contributed by atoms with Crippen LogP contribution in [0.2, 0.25) is 0 Å². The number of hydrogen-bond acceptors (Lipinski definition) is 2. The summed E-state index contributed by atoms with van der Waals surface area (Å²) in [6.45, 7) is 9.52. The van der Waals surface area contributed by atoms with Gasteiger partial charge in [0.1, 0.15) is 0 Å². The Hall–Kier alpha value is -0.0800. The number of rotatable bonds is 2. The Labute approximate surface area is 107 Å². The Morgan fingerprint density at radius 2 is 1.82 bits per heavy atom. The van der Waals surface area contributed by atoms with Gasteiger partial charge >= 0.3 is 0 Å². The van der Waals surface area contributed by atoms with Gasteiger partial charge in [-0.3, -0.25) is 4.90 Å². The number of nitrogens with zero attached hydrogens (tertiary/aromatic N) is 1. The lowest BCUT2D eigenvalue weighted by Crippen LogP contribution is -2.54. The third kappa shape index (κ3) is 3.03. The number of hydrogen-bond donors (Lipinski definition) is 1. The molecule has 1 saturated carbocycles. The fraction of sp³-hybridized carbons (Fsp3) is 1.00. The maximum Gasteiger partial charge on any atom is 0.0194 e. The monoisotopic (exact) mass is 238 g/mol. The van der Waals surface area contributed by atoms with E-state index in [4.69, 9.17) is 5.73 Å². The van der Waals surface area contributed by atoms with E-state index in [1.807, 2.05) is 0 Å². The van der Waals surface area contributed by atoms with Gasteiger partial charge in [0.15, 0.2) is 0 Å². The molecule has 1 aliphatic heterocycles. The predicted octanol–water partition coefficient (Wildman–Crippen LogP) is 2.87. The Morgan fingerprint density at radius 3 is 2.47 bits per heavy atom. The van der Waals surface area contributed by atoms with Crippen LogP contribution in [-0.2, 0) is 0 Å². The summed E-state index contributed by atoms with van der Waals surface area (Å²) in [4.78, 5) is 2.72. The zero-order valence-corrected chi connectivity index (χ0v) is 11.9. The van der Waals surface area contributed by atoms with Crippen LogP contribution in [0.5, 0.6) is 0 Å². The van der Waals surface area contributed by atoms with E-state index in [2.05, 4.69) is 25.7 Å². The van der Waals surface area contributed by atoms with Crippen molar-refractivity contribution in [3.05, 3.63) is 0 Å². The molecule has 0 amide bonds. The van der Waals surface area contributed by atoms with Gasteiger partial charge in [-0.05, 0) is 43.6 Å².